The Hall–Kier alpha value is -1.36. The molecule has 0 fully saturated rings. The first-order valence-electron chi connectivity index (χ1n) is 7.02. The van der Waals surface area contributed by atoms with Gasteiger partial charge in [0.05, 0.1) is 17.9 Å². The van der Waals surface area contributed by atoms with Crippen LogP contribution in [-0.4, -0.2) is 40.7 Å². The van der Waals surface area contributed by atoms with Crippen molar-refractivity contribution in [1.29, 1.82) is 0 Å². The van der Waals surface area contributed by atoms with Crippen LogP contribution in [0.25, 0.3) is 0 Å². The molecule has 2 atom stereocenters. The first-order chi connectivity index (χ1) is 9.04. The number of amides is 1. The van der Waals surface area contributed by atoms with Crippen molar-refractivity contribution in [3.05, 3.63) is 17.0 Å². The molecule has 0 radical (unpaired) electrons. The molecule has 0 spiro atoms. The lowest BCUT2D eigenvalue weighted by atomic mass is 9.99. The number of aromatic nitrogens is 2. The second kappa shape index (κ2) is 5.74. The molecule has 1 N–H and O–H groups in total. The zero-order valence-corrected chi connectivity index (χ0v) is 12.2. The van der Waals surface area contributed by atoms with Gasteiger partial charge in [0.1, 0.15) is 0 Å². The number of fused-ring (bicyclic) bond motifs is 1. The van der Waals surface area contributed by atoms with Gasteiger partial charge in [0.25, 0.3) is 5.91 Å². The molecule has 0 saturated heterocycles. The fraction of sp³-hybridized carbons (Fsp3) is 0.714. The molecule has 1 amide bonds. The Morgan fingerprint density at radius 2 is 2.26 bits per heavy atom. The number of hydrogen-bond donors (Lipinski definition) is 1. The van der Waals surface area contributed by atoms with Crippen LogP contribution in [0.2, 0.25) is 0 Å². The smallest absolute Gasteiger partial charge is 0.274 e. The van der Waals surface area contributed by atoms with Crippen molar-refractivity contribution in [3.63, 3.8) is 0 Å². The SMILES string of the molecule is CCCCN(C)C(=O)c1n[nH]c2c1C[C@H](C)O[C@@H]2C. The third kappa shape index (κ3) is 2.81. The summed E-state index contributed by atoms with van der Waals surface area (Å²) in [5, 5.41) is 7.18. The highest BCUT2D eigenvalue weighted by Gasteiger charge is 2.30. The molecular weight excluding hydrogens is 242 g/mol. The van der Waals surface area contributed by atoms with Crippen LogP contribution in [0, 0.1) is 0 Å². The maximum absolute atomic E-state index is 12.4. The molecule has 1 aromatic heterocycles. The molecular formula is C14H23N3O2. The lowest BCUT2D eigenvalue weighted by Crippen LogP contribution is -2.30. The van der Waals surface area contributed by atoms with E-state index in [9.17, 15) is 4.79 Å². The lowest BCUT2D eigenvalue weighted by molar-refractivity contribution is -0.00701. The third-order valence-corrected chi connectivity index (χ3v) is 3.63. The van der Waals surface area contributed by atoms with Crippen molar-refractivity contribution in [3.8, 4) is 0 Å². The van der Waals surface area contributed by atoms with Crippen molar-refractivity contribution in [2.75, 3.05) is 13.6 Å². The number of hydrogen-bond acceptors (Lipinski definition) is 3. The van der Waals surface area contributed by atoms with Crippen LogP contribution in [-0.2, 0) is 11.2 Å². The van der Waals surface area contributed by atoms with Crippen molar-refractivity contribution in [1.82, 2.24) is 15.1 Å². The third-order valence-electron chi connectivity index (χ3n) is 3.63. The van der Waals surface area contributed by atoms with Crippen LogP contribution < -0.4 is 0 Å². The summed E-state index contributed by atoms with van der Waals surface area (Å²) in [6.07, 6.45) is 2.96. The predicted molar refractivity (Wildman–Crippen MR) is 73.1 cm³/mol. The Balaban J connectivity index is 2.20. The van der Waals surface area contributed by atoms with E-state index in [0.717, 1.165) is 37.1 Å². The Morgan fingerprint density at radius 1 is 1.53 bits per heavy atom. The highest BCUT2D eigenvalue weighted by molar-refractivity contribution is 5.93. The maximum Gasteiger partial charge on any atom is 0.274 e. The van der Waals surface area contributed by atoms with Gasteiger partial charge in [-0.25, -0.2) is 0 Å². The minimum Gasteiger partial charge on any atom is -0.369 e. The van der Waals surface area contributed by atoms with Crippen molar-refractivity contribution >= 4 is 5.91 Å². The van der Waals surface area contributed by atoms with Crippen molar-refractivity contribution < 1.29 is 9.53 Å². The van der Waals surface area contributed by atoms with Gasteiger partial charge in [-0.2, -0.15) is 5.10 Å². The van der Waals surface area contributed by atoms with Crippen LogP contribution in [0.5, 0.6) is 0 Å². The Kier molecular flexibility index (Phi) is 4.24. The number of H-pyrrole nitrogens is 1. The van der Waals surface area contributed by atoms with Crippen molar-refractivity contribution in [2.45, 2.75) is 52.2 Å². The Labute approximate surface area is 114 Å². The van der Waals surface area contributed by atoms with Crippen LogP contribution >= 0.6 is 0 Å². The van der Waals surface area contributed by atoms with Crippen LogP contribution in [0.3, 0.4) is 0 Å². The zero-order valence-electron chi connectivity index (χ0n) is 12.2. The van der Waals surface area contributed by atoms with Gasteiger partial charge in [-0.15, -0.1) is 0 Å². The average molecular weight is 265 g/mol. The van der Waals surface area contributed by atoms with Gasteiger partial charge in [-0.05, 0) is 20.3 Å². The number of nitrogens with zero attached hydrogens (tertiary/aromatic N) is 2. The molecule has 0 aromatic carbocycles. The van der Waals surface area contributed by atoms with Gasteiger partial charge in [0.2, 0.25) is 0 Å². The quantitative estimate of drug-likeness (QED) is 0.908. The van der Waals surface area contributed by atoms with E-state index in [1.807, 2.05) is 20.9 Å². The molecule has 1 aliphatic rings. The summed E-state index contributed by atoms with van der Waals surface area (Å²) in [7, 11) is 1.84. The Bertz CT molecular complexity index is 456. The van der Waals surface area contributed by atoms with Gasteiger partial charge in [-0.1, -0.05) is 13.3 Å². The second-order valence-electron chi connectivity index (χ2n) is 5.34. The van der Waals surface area contributed by atoms with E-state index >= 15 is 0 Å². The van der Waals surface area contributed by atoms with E-state index in [-0.39, 0.29) is 18.1 Å². The fourth-order valence-corrected chi connectivity index (χ4v) is 2.53. The highest BCUT2D eigenvalue weighted by atomic mass is 16.5. The monoisotopic (exact) mass is 265 g/mol. The normalized spacial score (nSPS) is 22.1. The summed E-state index contributed by atoms with van der Waals surface area (Å²) in [5.74, 6) is 0.00671. The van der Waals surface area contributed by atoms with Gasteiger partial charge < -0.3 is 9.64 Å². The van der Waals surface area contributed by atoms with Gasteiger partial charge in [-0.3, -0.25) is 9.89 Å². The number of aromatic amines is 1. The molecule has 19 heavy (non-hydrogen) atoms. The van der Waals surface area contributed by atoms with Crippen LogP contribution in [0.4, 0.5) is 0 Å². The summed E-state index contributed by atoms with van der Waals surface area (Å²) in [4.78, 5) is 14.2. The number of carbonyl (C=O) groups is 1. The summed E-state index contributed by atoms with van der Waals surface area (Å²) in [6.45, 7) is 6.91. The Morgan fingerprint density at radius 3 is 2.95 bits per heavy atom. The number of nitrogens with one attached hydrogen (secondary N) is 1. The molecule has 1 aliphatic heterocycles. The number of ether oxygens (including phenoxy) is 1. The minimum atomic E-state index is -0.0197. The largest absolute Gasteiger partial charge is 0.369 e. The predicted octanol–water partition coefficient (Wildman–Crippen LogP) is 2.30. The number of rotatable bonds is 4. The second-order valence-corrected chi connectivity index (χ2v) is 5.34. The molecule has 0 bridgehead atoms. The van der Waals surface area contributed by atoms with E-state index in [1.165, 1.54) is 0 Å². The maximum atomic E-state index is 12.4. The van der Waals surface area contributed by atoms with Crippen molar-refractivity contribution in [2.24, 2.45) is 0 Å². The molecule has 0 unspecified atom stereocenters. The van der Waals surface area contributed by atoms with E-state index in [0.29, 0.717) is 5.69 Å². The van der Waals surface area contributed by atoms with Crippen LogP contribution in [0.15, 0.2) is 0 Å². The van der Waals surface area contributed by atoms with E-state index in [2.05, 4.69) is 17.1 Å². The highest BCUT2D eigenvalue weighted by Crippen LogP contribution is 2.30. The summed E-state index contributed by atoms with van der Waals surface area (Å²) < 4.78 is 5.73. The minimum absolute atomic E-state index is 0.00671. The molecule has 2 heterocycles. The van der Waals surface area contributed by atoms with E-state index in [1.54, 1.807) is 4.90 Å². The van der Waals surface area contributed by atoms with Gasteiger partial charge in [0.15, 0.2) is 5.69 Å². The average Bonchev–Trinajstić information content (AvgIpc) is 2.78. The number of unbranched alkanes of at least 4 members (excludes halogenated alkanes) is 1. The zero-order chi connectivity index (χ0) is 14.0. The molecule has 1 aromatic rings. The fourth-order valence-electron chi connectivity index (χ4n) is 2.53. The van der Waals surface area contributed by atoms with Gasteiger partial charge >= 0.3 is 0 Å². The standard InChI is InChI=1S/C14H23N3O2/c1-5-6-7-17(4)14(18)13-11-8-9(2)19-10(3)12(11)15-16-13/h9-10H,5-8H2,1-4H3,(H,15,16)/t9-,10+/m0/s1. The first kappa shape index (κ1) is 14.1. The van der Waals surface area contributed by atoms with Gasteiger partial charge in [0, 0.05) is 25.6 Å². The molecule has 5 nitrogen and oxygen atoms in total. The molecule has 5 heteroatoms. The topological polar surface area (TPSA) is 58.2 Å². The molecule has 0 aliphatic carbocycles. The molecule has 2 rings (SSSR count). The molecule has 0 saturated carbocycles. The summed E-state index contributed by atoms with van der Waals surface area (Å²) >= 11 is 0. The summed E-state index contributed by atoms with van der Waals surface area (Å²) in [5.41, 5.74) is 2.54. The lowest BCUT2D eigenvalue weighted by Gasteiger charge is -2.25. The van der Waals surface area contributed by atoms with Crippen LogP contribution in [0.1, 0.15) is 61.5 Å². The van der Waals surface area contributed by atoms with E-state index < -0.39 is 0 Å². The first-order valence-corrected chi connectivity index (χ1v) is 7.02. The number of carbonyl (C=O) groups excluding carboxylic acids is 1. The summed E-state index contributed by atoms with van der Waals surface area (Å²) in [6, 6.07) is 0. The molecule has 106 valence electrons. The van der Waals surface area contributed by atoms with E-state index in [4.69, 9.17) is 4.74 Å².